The Kier molecular flexibility index (Phi) is 4.36. The normalized spacial score (nSPS) is 20.3. The summed E-state index contributed by atoms with van der Waals surface area (Å²) >= 11 is 0. The molecule has 1 atom stereocenters. The molecule has 1 aliphatic heterocycles. The molecule has 0 spiro atoms. The van der Waals surface area contributed by atoms with Gasteiger partial charge in [-0.05, 0) is 19.4 Å². The molecule has 0 aromatic heterocycles. The minimum atomic E-state index is -0.827. The Balaban J connectivity index is 2.27. The zero-order valence-electron chi connectivity index (χ0n) is 8.61. The molecule has 2 amide bonds. The Labute approximate surface area is 88.4 Å². The first-order valence-electron chi connectivity index (χ1n) is 5.10. The SMILES string of the molecule is NCCCNC(=O)N1CCC(C(=O)O)C1. The van der Waals surface area contributed by atoms with E-state index < -0.39 is 11.9 Å². The number of rotatable bonds is 4. The summed E-state index contributed by atoms with van der Waals surface area (Å²) < 4.78 is 0. The van der Waals surface area contributed by atoms with Crippen molar-refractivity contribution in [1.82, 2.24) is 10.2 Å². The predicted octanol–water partition coefficient (Wildman–Crippen LogP) is -0.549. The minimum Gasteiger partial charge on any atom is -0.481 e. The molecule has 1 saturated heterocycles. The summed E-state index contributed by atoms with van der Waals surface area (Å²) in [7, 11) is 0. The van der Waals surface area contributed by atoms with E-state index in [2.05, 4.69) is 5.32 Å². The summed E-state index contributed by atoms with van der Waals surface area (Å²) in [5.41, 5.74) is 5.29. The number of amides is 2. The third-order valence-electron chi connectivity index (χ3n) is 2.48. The molecule has 1 heterocycles. The van der Waals surface area contributed by atoms with E-state index in [9.17, 15) is 9.59 Å². The number of carbonyl (C=O) groups excluding carboxylic acids is 1. The van der Waals surface area contributed by atoms with E-state index in [4.69, 9.17) is 10.8 Å². The Morgan fingerprint density at radius 1 is 1.53 bits per heavy atom. The van der Waals surface area contributed by atoms with Gasteiger partial charge in [0.05, 0.1) is 5.92 Å². The van der Waals surface area contributed by atoms with E-state index in [0.29, 0.717) is 32.6 Å². The lowest BCUT2D eigenvalue weighted by molar-refractivity contribution is -0.141. The van der Waals surface area contributed by atoms with Crippen molar-refractivity contribution < 1.29 is 14.7 Å². The van der Waals surface area contributed by atoms with Gasteiger partial charge in [0.25, 0.3) is 0 Å². The summed E-state index contributed by atoms with van der Waals surface area (Å²) in [6.45, 7) is 1.91. The van der Waals surface area contributed by atoms with Crippen molar-refractivity contribution in [3.05, 3.63) is 0 Å². The van der Waals surface area contributed by atoms with Gasteiger partial charge in [0.2, 0.25) is 0 Å². The third-order valence-corrected chi connectivity index (χ3v) is 2.48. The minimum absolute atomic E-state index is 0.188. The van der Waals surface area contributed by atoms with Gasteiger partial charge in [-0.2, -0.15) is 0 Å². The van der Waals surface area contributed by atoms with Crippen molar-refractivity contribution >= 4 is 12.0 Å². The van der Waals surface area contributed by atoms with Crippen molar-refractivity contribution in [3.8, 4) is 0 Å². The molecule has 0 saturated carbocycles. The number of nitrogens with one attached hydrogen (secondary N) is 1. The number of likely N-dealkylation sites (tertiary alicyclic amines) is 1. The molecule has 0 aromatic carbocycles. The monoisotopic (exact) mass is 215 g/mol. The van der Waals surface area contributed by atoms with Crippen molar-refractivity contribution in [3.63, 3.8) is 0 Å². The number of nitrogens with two attached hydrogens (primary N) is 1. The average Bonchev–Trinajstić information content (AvgIpc) is 2.66. The Bertz CT molecular complexity index is 245. The molecule has 86 valence electrons. The van der Waals surface area contributed by atoms with Crippen LogP contribution in [-0.4, -0.2) is 48.2 Å². The molecule has 1 unspecified atom stereocenters. The molecule has 15 heavy (non-hydrogen) atoms. The van der Waals surface area contributed by atoms with Gasteiger partial charge in [0, 0.05) is 19.6 Å². The van der Waals surface area contributed by atoms with Crippen molar-refractivity contribution in [2.24, 2.45) is 11.7 Å². The molecule has 0 aliphatic carbocycles. The summed E-state index contributed by atoms with van der Waals surface area (Å²) in [4.78, 5) is 23.7. The zero-order chi connectivity index (χ0) is 11.3. The van der Waals surface area contributed by atoms with Crippen LogP contribution in [0.25, 0.3) is 0 Å². The van der Waals surface area contributed by atoms with Gasteiger partial charge in [-0.3, -0.25) is 4.79 Å². The Morgan fingerprint density at radius 2 is 2.27 bits per heavy atom. The highest BCUT2D eigenvalue weighted by Crippen LogP contribution is 2.15. The van der Waals surface area contributed by atoms with Crippen molar-refractivity contribution in [2.45, 2.75) is 12.8 Å². The van der Waals surface area contributed by atoms with E-state index >= 15 is 0 Å². The van der Waals surface area contributed by atoms with Crippen LogP contribution < -0.4 is 11.1 Å². The standard InChI is InChI=1S/C9H17N3O3/c10-3-1-4-11-9(15)12-5-2-7(6-12)8(13)14/h7H,1-6,10H2,(H,11,15)(H,13,14). The predicted molar refractivity (Wildman–Crippen MR) is 54.4 cm³/mol. The number of carbonyl (C=O) groups is 2. The molecular formula is C9H17N3O3. The lowest BCUT2D eigenvalue weighted by Crippen LogP contribution is -2.39. The maximum Gasteiger partial charge on any atom is 0.317 e. The molecule has 0 aromatic rings. The van der Waals surface area contributed by atoms with Crippen LogP contribution in [0.4, 0.5) is 4.79 Å². The number of aliphatic carboxylic acids is 1. The fraction of sp³-hybridized carbons (Fsp3) is 0.778. The third kappa shape index (κ3) is 3.39. The largest absolute Gasteiger partial charge is 0.481 e. The molecule has 1 aliphatic rings. The first kappa shape index (κ1) is 11.8. The number of hydrogen-bond acceptors (Lipinski definition) is 3. The fourth-order valence-corrected chi connectivity index (χ4v) is 1.56. The molecule has 6 heteroatoms. The first-order valence-corrected chi connectivity index (χ1v) is 5.10. The molecule has 6 nitrogen and oxygen atoms in total. The molecule has 4 N–H and O–H groups in total. The lowest BCUT2D eigenvalue weighted by Gasteiger charge is -2.16. The van der Waals surface area contributed by atoms with E-state index in [0.717, 1.165) is 6.42 Å². The van der Waals surface area contributed by atoms with E-state index in [1.54, 1.807) is 0 Å². The van der Waals surface area contributed by atoms with E-state index in [1.165, 1.54) is 4.90 Å². The first-order chi connectivity index (χ1) is 7.15. The van der Waals surface area contributed by atoms with Gasteiger partial charge in [0.1, 0.15) is 0 Å². The lowest BCUT2D eigenvalue weighted by atomic mass is 10.1. The zero-order valence-corrected chi connectivity index (χ0v) is 8.61. The number of hydrogen-bond donors (Lipinski definition) is 3. The van der Waals surface area contributed by atoms with E-state index in [-0.39, 0.29) is 6.03 Å². The molecule has 0 radical (unpaired) electrons. The summed E-state index contributed by atoms with van der Waals surface area (Å²) in [5.74, 6) is -1.24. The summed E-state index contributed by atoms with van der Waals surface area (Å²) in [6.07, 6.45) is 1.28. The van der Waals surface area contributed by atoms with Gasteiger partial charge in [-0.25, -0.2) is 4.79 Å². The number of carboxylic acids is 1. The van der Waals surface area contributed by atoms with Crippen LogP contribution in [0.15, 0.2) is 0 Å². The van der Waals surface area contributed by atoms with Crippen molar-refractivity contribution in [1.29, 1.82) is 0 Å². The van der Waals surface area contributed by atoms with Gasteiger partial charge in [-0.15, -0.1) is 0 Å². The Morgan fingerprint density at radius 3 is 2.80 bits per heavy atom. The van der Waals surface area contributed by atoms with E-state index in [1.807, 2.05) is 0 Å². The van der Waals surface area contributed by atoms with Crippen LogP contribution in [0.5, 0.6) is 0 Å². The smallest absolute Gasteiger partial charge is 0.317 e. The van der Waals surface area contributed by atoms with Gasteiger partial charge in [0.15, 0.2) is 0 Å². The van der Waals surface area contributed by atoms with Crippen LogP contribution in [0.3, 0.4) is 0 Å². The number of urea groups is 1. The van der Waals surface area contributed by atoms with Gasteiger partial charge >= 0.3 is 12.0 Å². The number of nitrogens with zero attached hydrogens (tertiary/aromatic N) is 1. The number of carboxylic acid groups (broad SMARTS) is 1. The van der Waals surface area contributed by atoms with Crippen LogP contribution in [0, 0.1) is 5.92 Å². The fourth-order valence-electron chi connectivity index (χ4n) is 1.56. The van der Waals surface area contributed by atoms with Gasteiger partial charge in [-0.1, -0.05) is 0 Å². The summed E-state index contributed by atoms with van der Waals surface area (Å²) in [6, 6.07) is -0.188. The van der Waals surface area contributed by atoms with Crippen LogP contribution >= 0.6 is 0 Å². The maximum absolute atomic E-state index is 11.5. The maximum atomic E-state index is 11.5. The molecule has 0 bridgehead atoms. The van der Waals surface area contributed by atoms with Crippen LogP contribution in [-0.2, 0) is 4.79 Å². The Hall–Kier alpha value is -1.30. The molecular weight excluding hydrogens is 198 g/mol. The average molecular weight is 215 g/mol. The highest BCUT2D eigenvalue weighted by molar-refractivity contribution is 5.77. The highest BCUT2D eigenvalue weighted by Gasteiger charge is 2.30. The van der Waals surface area contributed by atoms with Crippen molar-refractivity contribution in [2.75, 3.05) is 26.2 Å². The molecule has 1 rings (SSSR count). The second kappa shape index (κ2) is 5.55. The van der Waals surface area contributed by atoms with Crippen LogP contribution in [0.1, 0.15) is 12.8 Å². The summed E-state index contributed by atoms with van der Waals surface area (Å²) in [5, 5.41) is 11.5. The topological polar surface area (TPSA) is 95.7 Å². The second-order valence-corrected chi connectivity index (χ2v) is 3.64. The second-order valence-electron chi connectivity index (χ2n) is 3.64. The highest BCUT2D eigenvalue weighted by atomic mass is 16.4. The quantitative estimate of drug-likeness (QED) is 0.548. The van der Waals surface area contributed by atoms with Gasteiger partial charge < -0.3 is 21.1 Å². The van der Waals surface area contributed by atoms with Crippen LogP contribution in [0.2, 0.25) is 0 Å². The molecule has 1 fully saturated rings.